The van der Waals surface area contributed by atoms with Crippen LogP contribution in [0.4, 0.5) is 0 Å². The molecule has 0 fully saturated rings. The summed E-state index contributed by atoms with van der Waals surface area (Å²) in [4.78, 5) is 21.3. The van der Waals surface area contributed by atoms with Crippen LogP contribution in [0, 0.1) is 0 Å². The fourth-order valence-electron chi connectivity index (χ4n) is 1.69. The molecule has 1 aromatic rings. The van der Waals surface area contributed by atoms with Crippen LogP contribution >= 0.6 is 0 Å². The van der Waals surface area contributed by atoms with E-state index >= 15 is 0 Å². The Kier molecular flexibility index (Phi) is 5.32. The maximum absolute atomic E-state index is 10.7. The molecule has 1 rings (SSSR count). The van der Waals surface area contributed by atoms with Gasteiger partial charge >= 0.3 is 0 Å². The molecule has 0 saturated heterocycles. The molecule has 5 heteroatoms. The Labute approximate surface area is 105 Å². The number of hydrogen-bond acceptors (Lipinski definition) is 5. The van der Waals surface area contributed by atoms with Crippen LogP contribution in [0.25, 0.3) is 0 Å². The van der Waals surface area contributed by atoms with Gasteiger partial charge in [-0.15, -0.1) is 0 Å². The molecule has 5 nitrogen and oxygen atoms in total. The zero-order chi connectivity index (χ0) is 13.5. The van der Waals surface area contributed by atoms with E-state index in [1.54, 1.807) is 0 Å². The summed E-state index contributed by atoms with van der Waals surface area (Å²) in [6.45, 7) is 1.85. The number of carbonyl (C=O) groups excluding carboxylic acids is 2. The highest BCUT2D eigenvalue weighted by Gasteiger charge is 2.16. The van der Waals surface area contributed by atoms with Crippen LogP contribution < -0.4 is 15.5 Å². The Bertz CT molecular complexity index is 391. The summed E-state index contributed by atoms with van der Waals surface area (Å²) < 4.78 is 0. The average Bonchev–Trinajstić information content (AvgIpc) is 2.34. The van der Waals surface area contributed by atoms with Crippen LogP contribution in [0.1, 0.15) is 18.9 Å². The first-order valence-electron chi connectivity index (χ1n) is 5.76. The van der Waals surface area contributed by atoms with Gasteiger partial charge in [-0.05, 0) is 18.4 Å². The third kappa shape index (κ3) is 4.18. The number of hydrogen-bond donors (Lipinski definition) is 1. The van der Waals surface area contributed by atoms with Crippen LogP contribution in [-0.2, 0) is 16.0 Å². The molecule has 0 saturated carbocycles. The third-order valence-electron chi connectivity index (χ3n) is 2.69. The van der Waals surface area contributed by atoms with Crippen LogP contribution in [0.5, 0.6) is 0 Å². The molecule has 0 spiro atoms. The molecular weight excluding hydrogens is 234 g/mol. The van der Waals surface area contributed by atoms with Crippen LogP contribution in [0.2, 0.25) is 0 Å². The quantitative estimate of drug-likeness (QED) is 0.592. The van der Waals surface area contributed by atoms with Gasteiger partial charge in [-0.3, -0.25) is 0 Å². The second-order valence-electron chi connectivity index (χ2n) is 4.03. The Morgan fingerprint density at radius 3 is 2.17 bits per heavy atom. The minimum atomic E-state index is -1.78. The van der Waals surface area contributed by atoms with Gasteiger partial charge in [0.15, 0.2) is 0 Å². The molecule has 0 aliphatic heterocycles. The first-order chi connectivity index (χ1) is 8.54. The molecule has 1 unspecified atom stereocenters. The molecule has 0 aliphatic carbocycles. The lowest BCUT2D eigenvalue weighted by atomic mass is 10.0. The summed E-state index contributed by atoms with van der Waals surface area (Å²) in [6.07, 6.45) is 1.15. The van der Waals surface area contributed by atoms with Crippen LogP contribution in [-0.4, -0.2) is 24.0 Å². The second-order valence-corrected chi connectivity index (χ2v) is 4.03. The van der Waals surface area contributed by atoms with Crippen LogP contribution in [0.3, 0.4) is 0 Å². The lowest BCUT2D eigenvalue weighted by Crippen LogP contribution is -2.58. The standard InChI is InChI=1S/C13H17NO4/c1-2-10(8-9-6-4-3-5-7-9)14-11(12(15)16)13(17)18/h3-7,10-11,14H,2,8H2,1H3,(H,15,16)(H,17,18)/p-2. The molecule has 1 aromatic carbocycles. The van der Waals surface area contributed by atoms with E-state index in [1.165, 1.54) is 0 Å². The normalized spacial score (nSPS) is 12.3. The van der Waals surface area contributed by atoms with E-state index in [4.69, 9.17) is 0 Å². The third-order valence-corrected chi connectivity index (χ3v) is 2.69. The van der Waals surface area contributed by atoms with Crippen molar-refractivity contribution in [3.63, 3.8) is 0 Å². The fraction of sp³-hybridized carbons (Fsp3) is 0.385. The van der Waals surface area contributed by atoms with Gasteiger partial charge in [-0.1, -0.05) is 37.3 Å². The molecule has 1 N–H and O–H groups in total. The first-order valence-corrected chi connectivity index (χ1v) is 5.76. The average molecular weight is 249 g/mol. The number of carboxylic acid groups (broad SMARTS) is 2. The molecule has 1 atom stereocenters. The summed E-state index contributed by atoms with van der Waals surface area (Å²) in [6, 6.07) is 7.39. The number of carboxylic acids is 2. The second kappa shape index (κ2) is 6.76. The predicted molar refractivity (Wildman–Crippen MR) is 61.2 cm³/mol. The number of aliphatic carboxylic acids is 2. The maximum Gasteiger partial charge on any atom is 0.0872 e. The number of carbonyl (C=O) groups is 2. The van der Waals surface area contributed by atoms with Crippen molar-refractivity contribution >= 4 is 11.9 Å². The summed E-state index contributed by atoms with van der Waals surface area (Å²) >= 11 is 0. The van der Waals surface area contributed by atoms with Gasteiger partial charge in [0, 0.05) is 6.04 Å². The predicted octanol–water partition coefficient (Wildman–Crippen LogP) is -1.53. The van der Waals surface area contributed by atoms with Gasteiger partial charge in [0.2, 0.25) is 0 Å². The molecule has 0 heterocycles. The molecule has 0 amide bonds. The molecule has 0 aromatic heterocycles. The van der Waals surface area contributed by atoms with Gasteiger partial charge in [-0.25, -0.2) is 0 Å². The lowest BCUT2D eigenvalue weighted by molar-refractivity contribution is -0.327. The van der Waals surface area contributed by atoms with Gasteiger partial charge in [0.05, 0.1) is 18.0 Å². The Morgan fingerprint density at radius 2 is 1.72 bits per heavy atom. The van der Waals surface area contributed by atoms with Crippen molar-refractivity contribution < 1.29 is 19.8 Å². The van der Waals surface area contributed by atoms with Crippen LogP contribution in [0.15, 0.2) is 30.3 Å². The maximum atomic E-state index is 10.7. The topological polar surface area (TPSA) is 92.3 Å². The monoisotopic (exact) mass is 249 g/mol. The van der Waals surface area contributed by atoms with Crippen molar-refractivity contribution in [1.82, 2.24) is 5.32 Å². The molecule has 0 bridgehead atoms. The largest absolute Gasteiger partial charge is 0.548 e. The molecule has 0 aliphatic rings. The zero-order valence-corrected chi connectivity index (χ0v) is 10.1. The van der Waals surface area contributed by atoms with Gasteiger partial charge < -0.3 is 25.1 Å². The minimum absolute atomic E-state index is 0.256. The van der Waals surface area contributed by atoms with E-state index in [2.05, 4.69) is 5.32 Å². The van der Waals surface area contributed by atoms with Crippen molar-refractivity contribution in [2.75, 3.05) is 0 Å². The highest BCUT2D eigenvalue weighted by Crippen LogP contribution is 2.06. The summed E-state index contributed by atoms with van der Waals surface area (Å²) in [7, 11) is 0. The smallest absolute Gasteiger partial charge is 0.0872 e. The Morgan fingerprint density at radius 1 is 1.17 bits per heavy atom. The lowest BCUT2D eigenvalue weighted by Gasteiger charge is -2.26. The van der Waals surface area contributed by atoms with Crippen molar-refractivity contribution in [3.05, 3.63) is 35.9 Å². The zero-order valence-electron chi connectivity index (χ0n) is 10.1. The first kappa shape index (κ1) is 14.2. The van der Waals surface area contributed by atoms with Gasteiger partial charge in [0.25, 0.3) is 0 Å². The van der Waals surface area contributed by atoms with Gasteiger partial charge in [-0.2, -0.15) is 0 Å². The van der Waals surface area contributed by atoms with Gasteiger partial charge in [0.1, 0.15) is 0 Å². The van der Waals surface area contributed by atoms with Crippen molar-refractivity contribution in [3.8, 4) is 0 Å². The minimum Gasteiger partial charge on any atom is -0.548 e. The van der Waals surface area contributed by atoms with E-state index in [-0.39, 0.29) is 6.04 Å². The van der Waals surface area contributed by atoms with E-state index in [9.17, 15) is 19.8 Å². The molecule has 0 radical (unpaired) electrons. The molecule has 18 heavy (non-hydrogen) atoms. The van der Waals surface area contributed by atoms with E-state index in [0.29, 0.717) is 12.8 Å². The van der Waals surface area contributed by atoms with Crippen molar-refractivity contribution in [1.29, 1.82) is 0 Å². The summed E-state index contributed by atoms with van der Waals surface area (Å²) in [5, 5.41) is 23.8. The fourth-order valence-corrected chi connectivity index (χ4v) is 1.69. The SMILES string of the molecule is CCC(Cc1ccccc1)NC(C(=O)[O-])C(=O)[O-]. The van der Waals surface area contributed by atoms with Crippen molar-refractivity contribution in [2.45, 2.75) is 31.8 Å². The van der Waals surface area contributed by atoms with E-state index in [1.807, 2.05) is 37.3 Å². The Balaban J connectivity index is 2.67. The highest BCUT2D eigenvalue weighted by molar-refractivity contribution is 5.95. The van der Waals surface area contributed by atoms with E-state index in [0.717, 1.165) is 5.56 Å². The summed E-state index contributed by atoms with van der Waals surface area (Å²) in [5.74, 6) is -3.36. The molecule has 98 valence electrons. The van der Waals surface area contributed by atoms with Crippen molar-refractivity contribution in [2.24, 2.45) is 0 Å². The Hall–Kier alpha value is -1.88. The van der Waals surface area contributed by atoms with E-state index < -0.39 is 18.0 Å². The summed E-state index contributed by atoms with van der Waals surface area (Å²) in [5.41, 5.74) is 1.01. The highest BCUT2D eigenvalue weighted by atomic mass is 16.4. The molecular formula is C13H15NO4-2. The number of nitrogens with one attached hydrogen (secondary N) is 1. The number of rotatable bonds is 7. The number of benzene rings is 1.